The zero-order valence-electron chi connectivity index (χ0n) is 13.5. The first-order valence-electron chi connectivity index (χ1n) is 7.81. The number of aryl methyl sites for hydroxylation is 1. The highest BCUT2D eigenvalue weighted by Crippen LogP contribution is 2.13. The summed E-state index contributed by atoms with van der Waals surface area (Å²) in [5.41, 5.74) is 2.30. The highest BCUT2D eigenvalue weighted by atomic mass is 16.5. The first-order chi connectivity index (χ1) is 10.6. The van der Waals surface area contributed by atoms with Gasteiger partial charge in [0.2, 0.25) is 0 Å². The van der Waals surface area contributed by atoms with Crippen molar-refractivity contribution < 1.29 is 9.53 Å². The Morgan fingerprint density at radius 1 is 1.41 bits per heavy atom. The molecule has 6 nitrogen and oxygen atoms in total. The van der Waals surface area contributed by atoms with E-state index in [1.54, 1.807) is 6.07 Å². The first-order valence-corrected chi connectivity index (χ1v) is 7.81. The summed E-state index contributed by atoms with van der Waals surface area (Å²) in [5, 5.41) is 11.0. The third kappa shape index (κ3) is 4.27. The van der Waals surface area contributed by atoms with Crippen molar-refractivity contribution >= 4 is 16.9 Å². The quantitative estimate of drug-likeness (QED) is 0.759. The van der Waals surface area contributed by atoms with Gasteiger partial charge in [-0.25, -0.2) is 4.68 Å². The van der Waals surface area contributed by atoms with E-state index in [2.05, 4.69) is 29.5 Å². The molecule has 6 heteroatoms. The zero-order chi connectivity index (χ0) is 15.9. The Morgan fingerprint density at radius 2 is 2.23 bits per heavy atom. The van der Waals surface area contributed by atoms with Gasteiger partial charge in [0.05, 0.1) is 5.52 Å². The lowest BCUT2D eigenvalue weighted by Gasteiger charge is -2.08. The topological polar surface area (TPSA) is 69.0 Å². The molecule has 0 saturated heterocycles. The fourth-order valence-corrected chi connectivity index (χ4v) is 2.14. The summed E-state index contributed by atoms with van der Waals surface area (Å²) in [4.78, 5) is 12.1. The summed E-state index contributed by atoms with van der Waals surface area (Å²) in [5.74, 6) is 0.453. The molecule has 0 saturated carbocycles. The second-order valence-corrected chi connectivity index (χ2v) is 5.69. The number of ether oxygens (including phenoxy) is 1. The molecular formula is C16H24N4O2. The van der Waals surface area contributed by atoms with Gasteiger partial charge in [0.25, 0.3) is 5.91 Å². The molecular weight excluding hydrogens is 280 g/mol. The molecule has 0 radical (unpaired) electrons. The minimum Gasteiger partial charge on any atom is -0.381 e. The number of nitrogens with zero attached hydrogens (tertiary/aromatic N) is 3. The van der Waals surface area contributed by atoms with Crippen LogP contribution in [0.3, 0.4) is 0 Å². The van der Waals surface area contributed by atoms with E-state index in [1.165, 1.54) is 0 Å². The minimum absolute atomic E-state index is 0.0863. The van der Waals surface area contributed by atoms with E-state index < -0.39 is 0 Å². The minimum atomic E-state index is -0.0863. The van der Waals surface area contributed by atoms with E-state index in [0.29, 0.717) is 24.6 Å². The molecule has 1 heterocycles. The summed E-state index contributed by atoms with van der Waals surface area (Å²) in [6.07, 6.45) is 0.812. The van der Waals surface area contributed by atoms with Crippen LogP contribution in [0.15, 0.2) is 18.2 Å². The van der Waals surface area contributed by atoms with Crippen LogP contribution in [0, 0.1) is 5.92 Å². The van der Waals surface area contributed by atoms with Gasteiger partial charge in [0.1, 0.15) is 5.52 Å². The Hall–Kier alpha value is -1.95. The van der Waals surface area contributed by atoms with E-state index in [4.69, 9.17) is 4.74 Å². The standard InChI is InChI=1S/C16H24N4O2/c1-4-20-15-7-6-13(10-14(15)18-19-20)16(21)17-8-5-9-22-11-12(2)3/h6-7,10,12H,4-5,8-9,11H2,1-3H3,(H,17,21). The van der Waals surface area contributed by atoms with Crippen LogP contribution in [0.1, 0.15) is 37.6 Å². The van der Waals surface area contributed by atoms with Gasteiger partial charge in [-0.15, -0.1) is 5.10 Å². The van der Waals surface area contributed by atoms with Crippen LogP contribution in [-0.2, 0) is 11.3 Å². The van der Waals surface area contributed by atoms with Crippen molar-refractivity contribution in [2.75, 3.05) is 19.8 Å². The lowest BCUT2D eigenvalue weighted by atomic mass is 10.2. The average molecular weight is 304 g/mol. The predicted octanol–water partition coefficient (Wildman–Crippen LogP) is 2.24. The first kappa shape index (κ1) is 16.4. The molecule has 0 atom stereocenters. The second-order valence-electron chi connectivity index (χ2n) is 5.69. The van der Waals surface area contributed by atoms with Crippen molar-refractivity contribution in [1.82, 2.24) is 20.3 Å². The Kier molecular flexibility index (Phi) is 5.89. The van der Waals surface area contributed by atoms with Crippen LogP contribution >= 0.6 is 0 Å². The molecule has 0 aliphatic heterocycles. The molecule has 0 unspecified atom stereocenters. The molecule has 0 aliphatic rings. The molecule has 1 aromatic heterocycles. The third-order valence-electron chi connectivity index (χ3n) is 3.28. The van der Waals surface area contributed by atoms with Crippen molar-refractivity contribution in [2.45, 2.75) is 33.7 Å². The number of fused-ring (bicyclic) bond motifs is 1. The van der Waals surface area contributed by atoms with Crippen LogP contribution in [0.25, 0.3) is 11.0 Å². The SMILES string of the molecule is CCn1nnc2cc(C(=O)NCCCOCC(C)C)ccc21. The molecule has 1 N–H and O–H groups in total. The summed E-state index contributed by atoms with van der Waals surface area (Å²) < 4.78 is 7.29. The second kappa shape index (κ2) is 7.89. The summed E-state index contributed by atoms with van der Waals surface area (Å²) >= 11 is 0. The summed E-state index contributed by atoms with van der Waals surface area (Å²) in [7, 11) is 0. The fourth-order valence-electron chi connectivity index (χ4n) is 2.14. The molecule has 0 spiro atoms. The maximum absolute atomic E-state index is 12.1. The van der Waals surface area contributed by atoms with Gasteiger partial charge < -0.3 is 10.1 Å². The number of carbonyl (C=O) groups excluding carboxylic acids is 1. The molecule has 2 rings (SSSR count). The molecule has 1 aromatic carbocycles. The summed E-state index contributed by atoms with van der Waals surface area (Å²) in [6.45, 7) is 9.05. The molecule has 0 fully saturated rings. The van der Waals surface area contributed by atoms with Gasteiger partial charge in [-0.2, -0.15) is 0 Å². The number of aromatic nitrogens is 3. The Morgan fingerprint density at radius 3 is 2.95 bits per heavy atom. The number of carbonyl (C=O) groups is 1. The third-order valence-corrected chi connectivity index (χ3v) is 3.28. The van der Waals surface area contributed by atoms with E-state index in [0.717, 1.165) is 30.6 Å². The molecule has 2 aromatic rings. The van der Waals surface area contributed by atoms with E-state index >= 15 is 0 Å². The Balaban J connectivity index is 1.82. The van der Waals surface area contributed by atoms with Crippen LogP contribution in [-0.4, -0.2) is 40.7 Å². The van der Waals surface area contributed by atoms with Crippen molar-refractivity contribution in [3.63, 3.8) is 0 Å². The molecule has 0 aliphatic carbocycles. The molecule has 120 valence electrons. The summed E-state index contributed by atoms with van der Waals surface area (Å²) in [6, 6.07) is 5.47. The largest absolute Gasteiger partial charge is 0.381 e. The van der Waals surface area contributed by atoms with Crippen molar-refractivity contribution in [3.8, 4) is 0 Å². The number of hydrogen-bond acceptors (Lipinski definition) is 4. The van der Waals surface area contributed by atoms with Crippen LogP contribution < -0.4 is 5.32 Å². The van der Waals surface area contributed by atoms with E-state index in [9.17, 15) is 4.79 Å². The van der Waals surface area contributed by atoms with Gasteiger partial charge >= 0.3 is 0 Å². The average Bonchev–Trinajstić information content (AvgIpc) is 2.92. The van der Waals surface area contributed by atoms with Crippen LogP contribution in [0.5, 0.6) is 0 Å². The lowest BCUT2D eigenvalue weighted by molar-refractivity contribution is 0.0925. The zero-order valence-corrected chi connectivity index (χ0v) is 13.5. The van der Waals surface area contributed by atoms with Gasteiger partial charge in [-0.3, -0.25) is 4.79 Å². The van der Waals surface area contributed by atoms with E-state index in [1.807, 2.05) is 23.7 Å². The highest BCUT2D eigenvalue weighted by Gasteiger charge is 2.09. The van der Waals surface area contributed by atoms with Gasteiger partial charge in [0.15, 0.2) is 0 Å². The van der Waals surface area contributed by atoms with Gasteiger partial charge in [-0.05, 0) is 37.5 Å². The number of hydrogen-bond donors (Lipinski definition) is 1. The molecule has 0 bridgehead atoms. The number of rotatable bonds is 8. The Bertz CT molecular complexity index is 622. The predicted molar refractivity (Wildman–Crippen MR) is 85.8 cm³/mol. The van der Waals surface area contributed by atoms with E-state index in [-0.39, 0.29) is 5.91 Å². The number of nitrogens with one attached hydrogen (secondary N) is 1. The highest BCUT2D eigenvalue weighted by molar-refractivity contribution is 5.97. The number of amides is 1. The van der Waals surface area contributed by atoms with Gasteiger partial charge in [0, 0.05) is 31.9 Å². The van der Waals surface area contributed by atoms with Crippen LogP contribution in [0.2, 0.25) is 0 Å². The molecule has 22 heavy (non-hydrogen) atoms. The smallest absolute Gasteiger partial charge is 0.251 e. The van der Waals surface area contributed by atoms with Crippen molar-refractivity contribution in [3.05, 3.63) is 23.8 Å². The number of benzene rings is 1. The Labute approximate surface area is 130 Å². The maximum atomic E-state index is 12.1. The molecule has 1 amide bonds. The van der Waals surface area contributed by atoms with Crippen LogP contribution in [0.4, 0.5) is 0 Å². The maximum Gasteiger partial charge on any atom is 0.251 e. The fraction of sp³-hybridized carbons (Fsp3) is 0.562. The lowest BCUT2D eigenvalue weighted by Crippen LogP contribution is -2.25. The normalized spacial score (nSPS) is 11.3. The van der Waals surface area contributed by atoms with Gasteiger partial charge in [-0.1, -0.05) is 19.1 Å². The van der Waals surface area contributed by atoms with Crippen molar-refractivity contribution in [2.24, 2.45) is 5.92 Å². The van der Waals surface area contributed by atoms with Crippen molar-refractivity contribution in [1.29, 1.82) is 0 Å². The monoisotopic (exact) mass is 304 g/mol.